The Morgan fingerprint density at radius 2 is 1.19 bits per heavy atom. The number of hydrogen-bond donors (Lipinski definition) is 2. The fourth-order valence-electron chi connectivity index (χ4n) is 3.91. The van der Waals surface area contributed by atoms with Crippen LogP contribution in [-0.4, -0.2) is 17.0 Å². The molecule has 2 N–H and O–H groups in total. The van der Waals surface area contributed by atoms with Crippen molar-refractivity contribution >= 4 is 50.7 Å². The number of alkyl halides is 3. The summed E-state index contributed by atoms with van der Waals surface area (Å²) in [5, 5.41) is 13.4. The predicted molar refractivity (Wildman–Crippen MR) is 127 cm³/mol. The molecule has 0 atom stereocenters. The molecule has 0 fully saturated rings. The molecule has 0 unspecified atom stereocenters. The number of halogens is 3. The monoisotopic (exact) mass is 491 g/mol. The molecule has 36 heavy (non-hydrogen) atoms. The number of carbonyl (C=O) groups excluding carboxylic acids is 1. The van der Waals surface area contributed by atoms with E-state index in [1.54, 1.807) is 24.3 Å². The van der Waals surface area contributed by atoms with Crippen molar-refractivity contribution in [2.45, 2.75) is 6.18 Å². The quantitative estimate of drug-likeness (QED) is 0.274. The van der Waals surface area contributed by atoms with Gasteiger partial charge in [-0.05, 0) is 36.4 Å². The summed E-state index contributed by atoms with van der Waals surface area (Å²) in [5.41, 5.74) is -1.52. The van der Waals surface area contributed by atoms with E-state index in [0.29, 0.717) is 21.9 Å². The van der Waals surface area contributed by atoms with Crippen molar-refractivity contribution in [3.63, 3.8) is 0 Å². The highest BCUT2D eigenvalue weighted by Gasteiger charge is 2.34. The first-order valence-corrected chi connectivity index (χ1v) is 10.7. The fraction of sp³-hybridized carbons (Fsp3) is 0.0370. The lowest BCUT2D eigenvalue weighted by Crippen LogP contribution is -2.19. The minimum absolute atomic E-state index is 0.0243. The van der Waals surface area contributed by atoms with Gasteiger partial charge in [-0.25, -0.2) is 4.79 Å². The topological polar surface area (TPSA) is 92.7 Å². The van der Waals surface area contributed by atoms with Gasteiger partial charge in [0, 0.05) is 10.8 Å². The van der Waals surface area contributed by atoms with Gasteiger partial charge in [-0.2, -0.15) is 13.2 Å². The summed E-state index contributed by atoms with van der Waals surface area (Å²) in [7, 11) is 0. The van der Waals surface area contributed by atoms with E-state index in [-0.39, 0.29) is 11.2 Å². The molecule has 6 nitrogen and oxygen atoms in total. The lowest BCUT2D eigenvalue weighted by Gasteiger charge is -2.14. The van der Waals surface area contributed by atoms with Crippen LogP contribution < -0.4 is 5.32 Å². The highest BCUT2D eigenvalue weighted by molar-refractivity contribution is 6.13. The lowest BCUT2D eigenvalue weighted by atomic mass is 10.1. The number of fused-ring (bicyclic) bond motifs is 4. The molecular weight excluding hydrogens is 475 g/mol. The normalized spacial score (nSPS) is 11.5. The molecule has 180 valence electrons. The summed E-state index contributed by atoms with van der Waals surface area (Å²) in [6.45, 7) is 0. The van der Waals surface area contributed by atoms with Gasteiger partial charge in [0.1, 0.15) is 11.2 Å². The zero-order valence-corrected chi connectivity index (χ0v) is 18.3. The molecule has 0 saturated heterocycles. The van der Waals surface area contributed by atoms with Gasteiger partial charge in [0.2, 0.25) is 0 Å². The van der Waals surface area contributed by atoms with Gasteiger partial charge in [-0.15, -0.1) is 0 Å². The predicted octanol–water partition coefficient (Wildman–Crippen LogP) is 7.43. The van der Waals surface area contributed by atoms with E-state index in [1.807, 2.05) is 24.3 Å². The van der Waals surface area contributed by atoms with E-state index in [2.05, 4.69) is 5.32 Å². The molecule has 0 radical (unpaired) electrons. The molecular formula is C27H16F3NO5. The molecule has 0 bridgehead atoms. The second kappa shape index (κ2) is 8.77. The first-order chi connectivity index (χ1) is 17.2. The highest BCUT2D eigenvalue weighted by Crippen LogP contribution is 2.35. The number of anilines is 1. The molecule has 0 aliphatic heterocycles. The number of para-hydroxylation sites is 3. The summed E-state index contributed by atoms with van der Waals surface area (Å²) in [5.74, 6) is -2.52. The van der Waals surface area contributed by atoms with E-state index in [4.69, 9.17) is 8.83 Å². The Kier molecular flexibility index (Phi) is 5.60. The molecule has 0 saturated carbocycles. The third-order valence-electron chi connectivity index (χ3n) is 5.54. The molecule has 5 rings (SSSR count). The second-order valence-corrected chi connectivity index (χ2v) is 7.84. The van der Waals surface area contributed by atoms with Crippen LogP contribution in [0.2, 0.25) is 0 Å². The molecule has 0 aliphatic carbocycles. The van der Waals surface area contributed by atoms with Crippen LogP contribution in [0.15, 0.2) is 93.8 Å². The van der Waals surface area contributed by atoms with Crippen molar-refractivity contribution in [3.05, 3.63) is 102 Å². The Balaban J connectivity index is 1.75. The third kappa shape index (κ3) is 4.22. The number of amides is 1. The van der Waals surface area contributed by atoms with Crippen LogP contribution in [0.4, 0.5) is 18.9 Å². The van der Waals surface area contributed by atoms with E-state index in [1.165, 1.54) is 12.1 Å². The minimum atomic E-state index is -4.72. The number of carboxylic acid groups (broad SMARTS) is 1. The van der Waals surface area contributed by atoms with E-state index in [9.17, 15) is 27.9 Å². The first-order valence-electron chi connectivity index (χ1n) is 10.7. The molecule has 5 aromatic rings. The number of rotatable bonds is 3. The zero-order chi connectivity index (χ0) is 25.4. The Labute approximate surface area is 200 Å². The van der Waals surface area contributed by atoms with Crippen LogP contribution in [0.5, 0.6) is 0 Å². The van der Waals surface area contributed by atoms with Crippen LogP contribution in [0.25, 0.3) is 33.1 Å². The maximum absolute atomic E-state index is 13.4. The molecule has 9 heteroatoms. The van der Waals surface area contributed by atoms with Crippen molar-refractivity contribution in [1.29, 1.82) is 0 Å². The third-order valence-corrected chi connectivity index (χ3v) is 5.54. The number of nitrogens with one attached hydrogen (secondary N) is 1. The summed E-state index contributed by atoms with van der Waals surface area (Å²) in [6.07, 6.45) is -4.72. The van der Waals surface area contributed by atoms with Crippen LogP contribution >= 0.6 is 0 Å². The van der Waals surface area contributed by atoms with Gasteiger partial charge < -0.3 is 19.3 Å². The Morgan fingerprint density at radius 3 is 1.75 bits per heavy atom. The average Bonchev–Trinajstić information content (AvgIpc) is 2.84. The van der Waals surface area contributed by atoms with E-state index < -0.39 is 40.4 Å². The molecule has 1 aromatic heterocycles. The standard InChI is InChI=1S/C27H16F3NO5/c28-27(29,30)19-9-3-4-10-20(19)31-25(32)17-13-23-24(14-18(17)26(33)34)36-22-12-6-2-8-16(22)15-7-1-5-11-21(15)35-23/h1-14H,(H,31,32)(H,33,34). The van der Waals surface area contributed by atoms with E-state index >= 15 is 0 Å². The lowest BCUT2D eigenvalue weighted by molar-refractivity contribution is -0.136. The van der Waals surface area contributed by atoms with Crippen LogP contribution in [0, 0.1) is 0 Å². The number of benzene rings is 4. The van der Waals surface area contributed by atoms with Crippen LogP contribution in [0.3, 0.4) is 0 Å². The smallest absolute Gasteiger partial charge is 0.418 e. The summed E-state index contributed by atoms with van der Waals surface area (Å²) < 4.78 is 52.2. The van der Waals surface area contributed by atoms with Crippen molar-refractivity contribution in [3.8, 4) is 0 Å². The first kappa shape index (κ1) is 23.0. The zero-order valence-electron chi connectivity index (χ0n) is 18.3. The van der Waals surface area contributed by atoms with Crippen LogP contribution in [-0.2, 0) is 6.18 Å². The van der Waals surface area contributed by atoms with Gasteiger partial charge in [-0.1, -0.05) is 48.5 Å². The van der Waals surface area contributed by atoms with Gasteiger partial charge in [0.05, 0.1) is 22.4 Å². The number of carbonyl (C=O) groups is 2. The molecule has 0 aliphatic rings. The minimum Gasteiger partial charge on any atom is -0.478 e. The number of hydrogen-bond acceptors (Lipinski definition) is 4. The van der Waals surface area contributed by atoms with Gasteiger partial charge >= 0.3 is 12.1 Å². The maximum atomic E-state index is 13.4. The van der Waals surface area contributed by atoms with E-state index in [0.717, 1.165) is 24.3 Å². The number of carboxylic acids is 1. The van der Waals surface area contributed by atoms with Crippen molar-refractivity contribution in [2.75, 3.05) is 5.32 Å². The average molecular weight is 491 g/mol. The van der Waals surface area contributed by atoms with Gasteiger partial charge in [0.25, 0.3) is 5.91 Å². The van der Waals surface area contributed by atoms with Crippen molar-refractivity contribution < 1.29 is 36.7 Å². The van der Waals surface area contributed by atoms with Crippen molar-refractivity contribution in [1.82, 2.24) is 0 Å². The second-order valence-electron chi connectivity index (χ2n) is 7.84. The van der Waals surface area contributed by atoms with Gasteiger partial charge in [-0.3, -0.25) is 4.79 Å². The van der Waals surface area contributed by atoms with Crippen molar-refractivity contribution in [2.24, 2.45) is 0 Å². The highest BCUT2D eigenvalue weighted by atomic mass is 19.4. The fourth-order valence-corrected chi connectivity index (χ4v) is 3.91. The molecule has 1 amide bonds. The maximum Gasteiger partial charge on any atom is 0.418 e. The largest absolute Gasteiger partial charge is 0.478 e. The Morgan fingerprint density at radius 1 is 0.694 bits per heavy atom. The summed E-state index contributed by atoms with van der Waals surface area (Å²) in [6, 6.07) is 20.9. The molecule has 1 heterocycles. The number of aromatic carboxylic acids is 1. The Hall–Kier alpha value is -4.79. The summed E-state index contributed by atoms with van der Waals surface area (Å²) in [4.78, 5) is 25.1. The SMILES string of the molecule is O=C(O)c1cc2oc3ccccc3c3ccccc3oc2cc1C(=O)Nc1ccccc1C(F)(F)F. The van der Waals surface area contributed by atoms with Crippen LogP contribution in [0.1, 0.15) is 26.3 Å². The molecule has 4 aromatic carbocycles. The molecule has 0 spiro atoms. The Bertz CT molecular complexity index is 1710. The van der Waals surface area contributed by atoms with Gasteiger partial charge in [0.15, 0.2) is 11.2 Å². The summed E-state index contributed by atoms with van der Waals surface area (Å²) >= 11 is 0.